The predicted molar refractivity (Wildman–Crippen MR) is 91.8 cm³/mol. The van der Waals surface area contributed by atoms with Crippen molar-refractivity contribution in [1.82, 2.24) is 0 Å². The molecule has 0 aliphatic carbocycles. The van der Waals surface area contributed by atoms with Gasteiger partial charge in [-0.05, 0) is 24.3 Å². The lowest BCUT2D eigenvalue weighted by molar-refractivity contribution is 0.410. The van der Waals surface area contributed by atoms with E-state index in [1.54, 1.807) is 0 Å². The maximum Gasteiger partial charge on any atom is 0.346 e. The molecule has 25 heavy (non-hydrogen) atoms. The van der Waals surface area contributed by atoms with Crippen molar-refractivity contribution in [3.05, 3.63) is 65.6 Å². The van der Waals surface area contributed by atoms with Crippen LogP contribution in [0.1, 0.15) is 0 Å². The van der Waals surface area contributed by atoms with Crippen molar-refractivity contribution in [2.24, 2.45) is 0 Å². The van der Waals surface area contributed by atoms with Gasteiger partial charge < -0.3 is 13.9 Å². The highest BCUT2D eigenvalue weighted by atomic mass is 16.5. The summed E-state index contributed by atoms with van der Waals surface area (Å²) in [5.74, 6) is 0.443. The number of fused-ring (bicyclic) bond motifs is 3. The van der Waals surface area contributed by atoms with E-state index >= 15 is 0 Å². The van der Waals surface area contributed by atoms with Crippen molar-refractivity contribution in [2.75, 3.05) is 14.2 Å². The van der Waals surface area contributed by atoms with Gasteiger partial charge >= 0.3 is 11.3 Å². The third-order valence-electron chi connectivity index (χ3n) is 4.29. The largest absolute Gasteiger partial charge is 0.496 e. The van der Waals surface area contributed by atoms with Crippen molar-refractivity contribution in [3.63, 3.8) is 0 Å². The molecule has 124 valence electrons. The second kappa shape index (κ2) is 5.01. The molecule has 0 fully saturated rings. The van der Waals surface area contributed by atoms with Crippen LogP contribution in [-0.4, -0.2) is 14.2 Å². The van der Waals surface area contributed by atoms with E-state index in [0.29, 0.717) is 0 Å². The maximum atomic E-state index is 13.0. The molecule has 0 radical (unpaired) electrons. The number of furan rings is 1. The van der Waals surface area contributed by atoms with Crippen LogP contribution in [0.2, 0.25) is 0 Å². The first-order valence-corrected chi connectivity index (χ1v) is 7.26. The first-order chi connectivity index (χ1) is 12.0. The Morgan fingerprint density at radius 2 is 1.08 bits per heavy atom. The third kappa shape index (κ3) is 1.86. The molecule has 1 aromatic heterocycles. The molecule has 3 aromatic carbocycles. The van der Waals surface area contributed by atoms with Crippen LogP contribution in [0.15, 0.2) is 47.9 Å². The van der Waals surface area contributed by atoms with Gasteiger partial charge in [0.2, 0.25) is 0 Å². The zero-order valence-electron chi connectivity index (χ0n) is 13.2. The van der Waals surface area contributed by atoms with E-state index in [0.717, 1.165) is 0 Å². The van der Waals surface area contributed by atoms with E-state index in [1.165, 1.54) is 38.5 Å². The molecule has 0 spiro atoms. The van der Waals surface area contributed by atoms with Gasteiger partial charge in [0.1, 0.15) is 11.5 Å². The van der Waals surface area contributed by atoms with Crippen LogP contribution in [0, 0.1) is 0 Å². The summed E-state index contributed by atoms with van der Waals surface area (Å²) in [5, 5.41) is 0.114. The highest BCUT2D eigenvalue weighted by Gasteiger charge is 2.20. The second-order valence-electron chi connectivity index (χ2n) is 5.50. The summed E-state index contributed by atoms with van der Waals surface area (Å²) in [5.41, 5.74) is -2.66. The maximum absolute atomic E-state index is 13.0. The van der Waals surface area contributed by atoms with Crippen LogP contribution in [-0.2, 0) is 0 Å². The Bertz CT molecular complexity index is 1280. The fourth-order valence-electron chi connectivity index (χ4n) is 3.13. The van der Waals surface area contributed by atoms with E-state index in [-0.39, 0.29) is 43.8 Å². The Kier molecular flexibility index (Phi) is 3.02. The summed E-state index contributed by atoms with van der Waals surface area (Å²) < 4.78 is 14.9. The molecule has 0 atom stereocenters. The Hall–Kier alpha value is -3.48. The smallest absolute Gasteiger partial charge is 0.346 e. The molecule has 0 bridgehead atoms. The molecule has 4 aromatic rings. The van der Waals surface area contributed by atoms with Gasteiger partial charge in [0, 0.05) is 10.8 Å². The van der Waals surface area contributed by atoms with E-state index in [4.69, 9.17) is 9.47 Å². The van der Waals surface area contributed by atoms with Gasteiger partial charge in [0.25, 0.3) is 0 Å². The Morgan fingerprint density at radius 3 is 1.44 bits per heavy atom. The third-order valence-corrected chi connectivity index (χ3v) is 4.29. The molecule has 0 aliphatic heterocycles. The predicted octanol–water partition coefficient (Wildman–Crippen LogP) is 1.07. The van der Waals surface area contributed by atoms with Crippen LogP contribution in [0.25, 0.3) is 32.3 Å². The Morgan fingerprint density at radius 1 is 0.680 bits per heavy atom. The van der Waals surface area contributed by atoms with Crippen molar-refractivity contribution in [2.45, 2.75) is 0 Å². The van der Waals surface area contributed by atoms with Crippen LogP contribution < -0.4 is 31.6 Å². The lowest BCUT2D eigenvalue weighted by Gasteiger charge is -2.09. The van der Waals surface area contributed by atoms with E-state index < -0.39 is 22.1 Å². The number of benzene rings is 3. The normalized spacial score (nSPS) is 11.4. The minimum absolute atomic E-state index is 0.0226. The molecular weight excluding hydrogens is 328 g/mol. The average Bonchev–Trinajstić information content (AvgIpc) is 2.90. The minimum atomic E-state index is -0.841. The average molecular weight is 338 g/mol. The van der Waals surface area contributed by atoms with Gasteiger partial charge in [-0.15, -0.1) is 0 Å². The molecule has 0 amide bonds. The zero-order chi connectivity index (χ0) is 17.9. The first-order valence-electron chi connectivity index (χ1n) is 7.26. The molecule has 1 heterocycles. The lowest BCUT2D eigenvalue weighted by Crippen LogP contribution is -2.15. The lowest BCUT2D eigenvalue weighted by atomic mass is 9.99. The van der Waals surface area contributed by atoms with Crippen LogP contribution in [0.5, 0.6) is 11.5 Å². The highest BCUT2D eigenvalue weighted by Crippen LogP contribution is 2.30. The quantitative estimate of drug-likeness (QED) is 0.504. The summed E-state index contributed by atoms with van der Waals surface area (Å²) in [6.07, 6.45) is 0. The molecule has 0 saturated heterocycles. The molecular formula is C18H10O7. The van der Waals surface area contributed by atoms with Crippen LogP contribution in [0.4, 0.5) is 0 Å². The molecule has 0 N–H and O–H groups in total. The van der Waals surface area contributed by atoms with Crippen molar-refractivity contribution >= 4 is 32.3 Å². The highest BCUT2D eigenvalue weighted by molar-refractivity contribution is 6.07. The number of hydrogen-bond acceptors (Lipinski definition) is 7. The molecule has 0 unspecified atom stereocenters. The summed E-state index contributed by atoms with van der Waals surface area (Å²) in [7, 11) is 2.77. The molecule has 7 heteroatoms. The van der Waals surface area contributed by atoms with Gasteiger partial charge in [-0.2, -0.15) is 0 Å². The van der Waals surface area contributed by atoms with Crippen molar-refractivity contribution < 1.29 is 13.9 Å². The summed E-state index contributed by atoms with van der Waals surface area (Å²) in [4.78, 5) is 49.4. The minimum Gasteiger partial charge on any atom is -0.496 e. The fraction of sp³-hybridized carbons (Fsp3) is 0.111. The SMILES string of the molecule is COc1ccc(OC)c2c(=O)c3cc4c(=O)oc(=O)c4cc3c(=O)c12. The molecule has 7 nitrogen and oxygen atoms in total. The number of ether oxygens (including phenoxy) is 2. The van der Waals surface area contributed by atoms with Crippen molar-refractivity contribution in [3.8, 4) is 11.5 Å². The molecule has 0 saturated carbocycles. The van der Waals surface area contributed by atoms with Gasteiger partial charge in [-0.1, -0.05) is 0 Å². The number of rotatable bonds is 2. The van der Waals surface area contributed by atoms with Crippen LogP contribution >= 0.6 is 0 Å². The monoisotopic (exact) mass is 338 g/mol. The summed E-state index contributed by atoms with van der Waals surface area (Å²) in [6.45, 7) is 0. The van der Waals surface area contributed by atoms with Gasteiger partial charge in [0.15, 0.2) is 10.9 Å². The number of methoxy groups -OCH3 is 2. The van der Waals surface area contributed by atoms with Gasteiger partial charge in [-0.25, -0.2) is 9.59 Å². The summed E-state index contributed by atoms with van der Waals surface area (Å²) >= 11 is 0. The Labute approximate surface area is 138 Å². The van der Waals surface area contributed by atoms with Crippen molar-refractivity contribution in [1.29, 1.82) is 0 Å². The van der Waals surface area contributed by atoms with Gasteiger partial charge in [-0.3, -0.25) is 9.59 Å². The first kappa shape index (κ1) is 15.1. The second-order valence-corrected chi connectivity index (χ2v) is 5.50. The van der Waals surface area contributed by atoms with E-state index in [9.17, 15) is 19.2 Å². The Balaban J connectivity index is 2.40. The van der Waals surface area contributed by atoms with E-state index in [1.807, 2.05) is 0 Å². The van der Waals surface area contributed by atoms with E-state index in [2.05, 4.69) is 4.42 Å². The standard InChI is InChI=1S/C18H10O7/c1-23-11-3-4-12(24-2)14-13(11)15(19)7-5-9-10(6-8(7)16(14)20)18(22)25-17(9)21/h3-6H,1-2H3. The zero-order valence-corrected chi connectivity index (χ0v) is 13.2. The fourth-order valence-corrected chi connectivity index (χ4v) is 3.13. The van der Waals surface area contributed by atoms with Crippen LogP contribution in [0.3, 0.4) is 0 Å². The molecule has 4 rings (SSSR count). The molecule has 0 aliphatic rings. The topological polar surface area (TPSA) is 99.9 Å². The number of hydrogen-bond donors (Lipinski definition) is 0. The summed E-state index contributed by atoms with van der Waals surface area (Å²) in [6, 6.07) is 5.50. The van der Waals surface area contributed by atoms with Gasteiger partial charge in [0.05, 0.1) is 35.8 Å².